The fourth-order valence-electron chi connectivity index (χ4n) is 1.37. The van der Waals surface area contributed by atoms with Gasteiger partial charge in [-0.2, -0.15) is 9.37 Å². The minimum atomic E-state index is -1.32. The van der Waals surface area contributed by atoms with Gasteiger partial charge in [0.1, 0.15) is 0 Å². The molecule has 0 radical (unpaired) electrons. The number of aromatic nitrogens is 1. The van der Waals surface area contributed by atoms with Crippen LogP contribution < -0.4 is 5.32 Å². The third kappa shape index (κ3) is 3.87. The third-order valence-corrected chi connectivity index (χ3v) is 2.52. The second-order valence-electron chi connectivity index (χ2n) is 4.25. The van der Waals surface area contributed by atoms with Gasteiger partial charge in [0, 0.05) is 12.7 Å². The summed E-state index contributed by atoms with van der Waals surface area (Å²) in [4.78, 5) is 3.22. The first-order valence-corrected chi connectivity index (χ1v) is 5.81. The lowest BCUT2D eigenvalue weighted by molar-refractivity contribution is 0.126. The Labute approximate surface area is 104 Å². The topological polar surface area (TPSA) is 34.1 Å². The summed E-state index contributed by atoms with van der Waals surface area (Å²) >= 11 is 0. The number of rotatable bonds is 6. The van der Waals surface area contributed by atoms with Crippen molar-refractivity contribution in [2.75, 3.05) is 18.5 Å². The third-order valence-electron chi connectivity index (χ3n) is 2.52. The highest BCUT2D eigenvalue weighted by Gasteiger charge is 2.18. The predicted octanol–water partition coefficient (Wildman–Crippen LogP) is 2.97. The fraction of sp³-hybridized carbons (Fsp3) is 0.583. The first-order chi connectivity index (χ1) is 8.45. The molecule has 0 aliphatic heterocycles. The Balaban J connectivity index is 2.83. The quantitative estimate of drug-likeness (QED) is 0.800. The highest BCUT2D eigenvalue weighted by molar-refractivity contribution is 5.37. The summed E-state index contributed by atoms with van der Waals surface area (Å²) in [7, 11) is 0. The molecular formula is C12H17F3N2O. The number of nitrogens with zero attached hydrogens (tertiary/aromatic N) is 1. The van der Waals surface area contributed by atoms with Crippen molar-refractivity contribution < 1.29 is 17.9 Å². The van der Waals surface area contributed by atoms with Crippen LogP contribution >= 0.6 is 0 Å². The number of hydrogen-bond acceptors (Lipinski definition) is 3. The molecule has 0 aliphatic rings. The maximum Gasteiger partial charge on any atom is 0.251 e. The first-order valence-electron chi connectivity index (χ1n) is 5.81. The normalized spacial score (nSPS) is 12.8. The number of anilines is 1. The average Bonchev–Trinajstić information content (AvgIpc) is 2.30. The summed E-state index contributed by atoms with van der Waals surface area (Å²) in [6.07, 6.45) is 0. The van der Waals surface area contributed by atoms with E-state index in [0.29, 0.717) is 19.3 Å². The second kappa shape index (κ2) is 6.58. The standard InChI is InChI=1S/C12H17F3N2O/c1-4-18-6-10(7(2)3)16-12-9(14)5-8(13)11(15)17-12/h5,7,10H,4,6H2,1-3H3,(H,16,17). The lowest BCUT2D eigenvalue weighted by atomic mass is 10.1. The number of ether oxygens (including phenoxy) is 1. The van der Waals surface area contributed by atoms with E-state index in [1.807, 2.05) is 20.8 Å². The van der Waals surface area contributed by atoms with Crippen molar-refractivity contribution >= 4 is 5.82 Å². The Morgan fingerprint density at radius 2 is 1.94 bits per heavy atom. The second-order valence-corrected chi connectivity index (χ2v) is 4.25. The van der Waals surface area contributed by atoms with Crippen LogP contribution in [0.5, 0.6) is 0 Å². The maximum absolute atomic E-state index is 13.4. The van der Waals surface area contributed by atoms with Crippen LogP contribution in [-0.4, -0.2) is 24.2 Å². The van der Waals surface area contributed by atoms with E-state index >= 15 is 0 Å². The summed E-state index contributed by atoms with van der Waals surface area (Å²) in [6.45, 7) is 6.53. The molecule has 1 aromatic heterocycles. The molecule has 1 aromatic rings. The van der Waals surface area contributed by atoms with Crippen molar-refractivity contribution in [3.8, 4) is 0 Å². The van der Waals surface area contributed by atoms with Crippen LogP contribution in [0.25, 0.3) is 0 Å². The summed E-state index contributed by atoms with van der Waals surface area (Å²) in [5.41, 5.74) is 0. The summed E-state index contributed by atoms with van der Waals surface area (Å²) < 4.78 is 44.3. The van der Waals surface area contributed by atoms with Crippen LogP contribution in [-0.2, 0) is 4.74 Å². The molecule has 1 N–H and O–H groups in total. The molecule has 1 heterocycles. The molecule has 1 rings (SSSR count). The van der Waals surface area contributed by atoms with Gasteiger partial charge in [0.25, 0.3) is 5.95 Å². The molecule has 0 amide bonds. The van der Waals surface area contributed by atoms with Gasteiger partial charge < -0.3 is 10.1 Å². The Kier molecular flexibility index (Phi) is 5.40. The van der Waals surface area contributed by atoms with Crippen molar-refractivity contribution in [2.45, 2.75) is 26.8 Å². The zero-order valence-corrected chi connectivity index (χ0v) is 10.6. The van der Waals surface area contributed by atoms with Crippen LogP contribution in [0.1, 0.15) is 20.8 Å². The SMILES string of the molecule is CCOCC(Nc1nc(F)c(F)cc1F)C(C)C. The molecule has 0 spiro atoms. The van der Waals surface area contributed by atoms with E-state index < -0.39 is 17.6 Å². The molecular weight excluding hydrogens is 245 g/mol. The molecule has 0 saturated heterocycles. The van der Waals surface area contributed by atoms with Crippen LogP contribution in [0.3, 0.4) is 0 Å². The smallest absolute Gasteiger partial charge is 0.251 e. The number of hydrogen-bond donors (Lipinski definition) is 1. The molecule has 1 atom stereocenters. The van der Waals surface area contributed by atoms with E-state index in [9.17, 15) is 13.2 Å². The van der Waals surface area contributed by atoms with Crippen molar-refractivity contribution in [3.63, 3.8) is 0 Å². The van der Waals surface area contributed by atoms with E-state index in [-0.39, 0.29) is 17.8 Å². The molecule has 1 unspecified atom stereocenters. The molecule has 0 aromatic carbocycles. The lowest BCUT2D eigenvalue weighted by Gasteiger charge is -2.22. The first kappa shape index (κ1) is 14.8. The Bertz CT molecular complexity index is 399. The van der Waals surface area contributed by atoms with Gasteiger partial charge in [-0.15, -0.1) is 0 Å². The van der Waals surface area contributed by atoms with Crippen LogP contribution in [0.4, 0.5) is 19.0 Å². The molecule has 0 bridgehead atoms. The van der Waals surface area contributed by atoms with Gasteiger partial charge in [0.2, 0.25) is 0 Å². The lowest BCUT2D eigenvalue weighted by Crippen LogP contribution is -2.32. The number of pyridine rings is 1. The highest BCUT2D eigenvalue weighted by Crippen LogP contribution is 2.17. The van der Waals surface area contributed by atoms with Gasteiger partial charge in [-0.05, 0) is 12.8 Å². The molecule has 3 nitrogen and oxygen atoms in total. The van der Waals surface area contributed by atoms with E-state index in [1.54, 1.807) is 0 Å². The van der Waals surface area contributed by atoms with E-state index in [2.05, 4.69) is 10.3 Å². The molecule has 0 fully saturated rings. The molecule has 0 aliphatic carbocycles. The van der Waals surface area contributed by atoms with Crippen molar-refractivity contribution in [3.05, 3.63) is 23.6 Å². The van der Waals surface area contributed by atoms with E-state index in [1.165, 1.54) is 0 Å². The van der Waals surface area contributed by atoms with Gasteiger partial charge in [-0.25, -0.2) is 8.78 Å². The van der Waals surface area contributed by atoms with Crippen LogP contribution in [0.2, 0.25) is 0 Å². The van der Waals surface area contributed by atoms with Crippen molar-refractivity contribution in [1.82, 2.24) is 4.98 Å². The summed E-state index contributed by atoms with van der Waals surface area (Å²) in [5.74, 6) is -3.71. The monoisotopic (exact) mass is 262 g/mol. The van der Waals surface area contributed by atoms with Gasteiger partial charge in [-0.3, -0.25) is 0 Å². The molecule has 102 valence electrons. The highest BCUT2D eigenvalue weighted by atomic mass is 19.2. The minimum absolute atomic E-state index is 0.130. The van der Waals surface area contributed by atoms with Crippen LogP contribution in [0, 0.1) is 23.5 Å². The van der Waals surface area contributed by atoms with E-state index in [4.69, 9.17) is 4.74 Å². The predicted molar refractivity (Wildman–Crippen MR) is 62.9 cm³/mol. The van der Waals surface area contributed by atoms with Gasteiger partial charge in [0.15, 0.2) is 17.5 Å². The van der Waals surface area contributed by atoms with Crippen molar-refractivity contribution in [2.24, 2.45) is 5.92 Å². The zero-order valence-electron chi connectivity index (χ0n) is 10.6. The summed E-state index contributed by atoms with van der Waals surface area (Å²) in [5, 5.41) is 2.73. The number of nitrogens with one attached hydrogen (secondary N) is 1. The van der Waals surface area contributed by atoms with E-state index in [0.717, 1.165) is 0 Å². The number of halogens is 3. The Morgan fingerprint density at radius 3 is 2.50 bits per heavy atom. The molecule has 6 heteroatoms. The van der Waals surface area contributed by atoms with Gasteiger partial charge >= 0.3 is 0 Å². The Hall–Kier alpha value is -1.30. The van der Waals surface area contributed by atoms with Crippen LogP contribution in [0.15, 0.2) is 6.07 Å². The Morgan fingerprint density at radius 1 is 1.28 bits per heavy atom. The minimum Gasteiger partial charge on any atom is -0.380 e. The van der Waals surface area contributed by atoms with Crippen molar-refractivity contribution in [1.29, 1.82) is 0 Å². The van der Waals surface area contributed by atoms with Gasteiger partial charge in [-0.1, -0.05) is 13.8 Å². The van der Waals surface area contributed by atoms with Gasteiger partial charge in [0.05, 0.1) is 12.6 Å². The molecule has 18 heavy (non-hydrogen) atoms. The molecule has 0 saturated carbocycles. The summed E-state index contributed by atoms with van der Waals surface area (Å²) in [6, 6.07) is 0.250. The largest absolute Gasteiger partial charge is 0.380 e. The zero-order chi connectivity index (χ0) is 13.7. The fourth-order valence-corrected chi connectivity index (χ4v) is 1.37. The maximum atomic E-state index is 13.4. The average molecular weight is 262 g/mol.